The topological polar surface area (TPSA) is 61.9 Å². The van der Waals surface area contributed by atoms with Crippen LogP contribution in [0.1, 0.15) is 51.4 Å². The molecule has 1 N–H and O–H groups in total. The van der Waals surface area contributed by atoms with E-state index in [1.165, 1.54) is 0 Å². The van der Waals surface area contributed by atoms with E-state index < -0.39 is 0 Å². The molecule has 0 aromatic heterocycles. The molecule has 0 unspecified atom stereocenters. The summed E-state index contributed by atoms with van der Waals surface area (Å²) in [6.07, 6.45) is 8.21. The lowest BCUT2D eigenvalue weighted by molar-refractivity contribution is -0.141. The molecule has 3 fully saturated rings. The van der Waals surface area contributed by atoms with Gasteiger partial charge in [0.2, 0.25) is 11.8 Å². The average Bonchev–Trinajstić information content (AvgIpc) is 3.31. The zero-order valence-corrected chi connectivity index (χ0v) is 18.1. The number of amides is 2. The van der Waals surface area contributed by atoms with Crippen molar-refractivity contribution < 1.29 is 14.3 Å². The summed E-state index contributed by atoms with van der Waals surface area (Å²) in [7, 11) is 2.14. The number of benzene rings is 1. The van der Waals surface area contributed by atoms with Gasteiger partial charge in [0.1, 0.15) is 11.9 Å². The fourth-order valence-corrected chi connectivity index (χ4v) is 5.06. The van der Waals surface area contributed by atoms with Gasteiger partial charge in [-0.25, -0.2) is 0 Å². The minimum Gasteiger partial charge on any atom is -0.490 e. The molecule has 0 spiro atoms. The van der Waals surface area contributed by atoms with Crippen LogP contribution in [0.4, 0.5) is 5.69 Å². The molecule has 164 valence electrons. The molecule has 1 saturated carbocycles. The van der Waals surface area contributed by atoms with Crippen molar-refractivity contribution in [1.29, 1.82) is 0 Å². The first kappa shape index (κ1) is 21.2. The van der Waals surface area contributed by atoms with Crippen LogP contribution < -0.4 is 10.1 Å². The third-order valence-electron chi connectivity index (χ3n) is 6.93. The molecule has 1 aromatic rings. The molecular formula is C24H35N3O3. The first-order chi connectivity index (χ1) is 14.6. The van der Waals surface area contributed by atoms with Crippen LogP contribution in [0, 0.1) is 11.8 Å². The molecule has 2 amide bonds. The third kappa shape index (κ3) is 5.15. The molecule has 6 heteroatoms. The molecule has 3 aliphatic rings. The number of carbonyl (C=O) groups is 2. The number of nitrogens with zero attached hydrogens (tertiary/aromatic N) is 2. The van der Waals surface area contributed by atoms with Gasteiger partial charge >= 0.3 is 0 Å². The van der Waals surface area contributed by atoms with Crippen LogP contribution >= 0.6 is 0 Å². The average molecular weight is 414 g/mol. The maximum Gasteiger partial charge on any atom is 0.228 e. The molecule has 30 heavy (non-hydrogen) atoms. The largest absolute Gasteiger partial charge is 0.490 e. The molecule has 0 bridgehead atoms. The zero-order chi connectivity index (χ0) is 20.9. The summed E-state index contributed by atoms with van der Waals surface area (Å²) in [5.74, 6) is 0.638. The molecule has 1 aliphatic carbocycles. The minimum absolute atomic E-state index is 0.0174. The predicted molar refractivity (Wildman–Crippen MR) is 117 cm³/mol. The van der Waals surface area contributed by atoms with Gasteiger partial charge in [0.25, 0.3) is 0 Å². The summed E-state index contributed by atoms with van der Waals surface area (Å²) in [6.45, 7) is 3.83. The van der Waals surface area contributed by atoms with Crippen molar-refractivity contribution in [3.05, 3.63) is 24.3 Å². The standard InChI is InChI=1S/C24H35N3O3/c1-26-16-12-20(13-17-26)30-19-10-8-18(9-11-19)25-23(28)21-6-2-3-7-22(21)24(29)27-14-4-5-15-27/h8-11,20-22H,2-7,12-17H2,1H3,(H,25,28)/t21-,22+/m0/s1. The molecule has 1 aromatic carbocycles. The van der Waals surface area contributed by atoms with E-state index in [0.717, 1.165) is 89.0 Å². The van der Waals surface area contributed by atoms with Gasteiger partial charge in [0.15, 0.2) is 0 Å². The number of carbonyl (C=O) groups excluding carboxylic acids is 2. The van der Waals surface area contributed by atoms with Gasteiger partial charge in [-0.05, 0) is 69.8 Å². The Morgan fingerprint density at radius 3 is 2.17 bits per heavy atom. The van der Waals surface area contributed by atoms with Crippen molar-refractivity contribution in [3.63, 3.8) is 0 Å². The van der Waals surface area contributed by atoms with Gasteiger partial charge in [-0.2, -0.15) is 0 Å². The van der Waals surface area contributed by atoms with Gasteiger partial charge in [0.05, 0.1) is 0 Å². The molecule has 2 aliphatic heterocycles. The quantitative estimate of drug-likeness (QED) is 0.802. The third-order valence-corrected chi connectivity index (χ3v) is 6.93. The van der Waals surface area contributed by atoms with Crippen molar-refractivity contribution in [1.82, 2.24) is 9.80 Å². The number of piperidine rings is 1. The van der Waals surface area contributed by atoms with Crippen molar-refractivity contribution in [2.45, 2.75) is 57.5 Å². The van der Waals surface area contributed by atoms with E-state index in [-0.39, 0.29) is 29.8 Å². The molecule has 2 atom stereocenters. The van der Waals surface area contributed by atoms with E-state index in [1.54, 1.807) is 0 Å². The molecule has 6 nitrogen and oxygen atoms in total. The highest BCUT2D eigenvalue weighted by atomic mass is 16.5. The van der Waals surface area contributed by atoms with E-state index in [2.05, 4.69) is 17.3 Å². The lowest BCUT2D eigenvalue weighted by atomic mass is 9.77. The van der Waals surface area contributed by atoms with Crippen LogP contribution in [-0.4, -0.2) is 60.9 Å². The Morgan fingerprint density at radius 2 is 1.50 bits per heavy atom. The smallest absolute Gasteiger partial charge is 0.228 e. The molecule has 0 radical (unpaired) electrons. The van der Waals surface area contributed by atoms with Crippen LogP contribution in [0.15, 0.2) is 24.3 Å². The van der Waals surface area contributed by atoms with E-state index in [1.807, 2.05) is 29.2 Å². The second kappa shape index (κ2) is 9.82. The normalized spacial score (nSPS) is 25.8. The van der Waals surface area contributed by atoms with E-state index in [9.17, 15) is 9.59 Å². The Kier molecular flexibility index (Phi) is 6.93. The first-order valence-electron chi connectivity index (χ1n) is 11.6. The van der Waals surface area contributed by atoms with Crippen LogP contribution in [-0.2, 0) is 9.59 Å². The Bertz CT molecular complexity index is 722. The number of rotatable bonds is 5. The highest BCUT2D eigenvalue weighted by molar-refractivity contribution is 5.96. The van der Waals surface area contributed by atoms with E-state index in [4.69, 9.17) is 4.74 Å². The number of nitrogens with one attached hydrogen (secondary N) is 1. The van der Waals surface area contributed by atoms with Crippen molar-refractivity contribution in [2.75, 3.05) is 38.5 Å². The first-order valence-corrected chi connectivity index (χ1v) is 11.6. The highest BCUT2D eigenvalue weighted by Gasteiger charge is 2.38. The monoisotopic (exact) mass is 413 g/mol. The van der Waals surface area contributed by atoms with Gasteiger partial charge in [-0.3, -0.25) is 9.59 Å². The Hall–Kier alpha value is -2.08. The number of hydrogen-bond donors (Lipinski definition) is 1. The molecule has 2 heterocycles. The van der Waals surface area contributed by atoms with Crippen LogP contribution in [0.3, 0.4) is 0 Å². The lowest BCUT2D eigenvalue weighted by Gasteiger charge is -2.32. The second-order valence-corrected chi connectivity index (χ2v) is 9.16. The molecule has 2 saturated heterocycles. The summed E-state index contributed by atoms with van der Waals surface area (Å²) in [6, 6.07) is 7.67. The second-order valence-electron chi connectivity index (χ2n) is 9.16. The lowest BCUT2D eigenvalue weighted by Crippen LogP contribution is -2.42. The van der Waals surface area contributed by atoms with Crippen molar-refractivity contribution >= 4 is 17.5 Å². The van der Waals surface area contributed by atoms with Gasteiger partial charge in [-0.15, -0.1) is 0 Å². The SMILES string of the molecule is CN1CCC(Oc2ccc(NC(=O)[C@H]3CCCC[C@H]3C(=O)N3CCCC3)cc2)CC1. The fraction of sp³-hybridized carbons (Fsp3) is 0.667. The van der Waals surface area contributed by atoms with Crippen LogP contribution in [0.5, 0.6) is 5.75 Å². The summed E-state index contributed by atoms with van der Waals surface area (Å²) in [5.41, 5.74) is 0.772. The van der Waals surface area contributed by atoms with E-state index in [0.29, 0.717) is 0 Å². The van der Waals surface area contributed by atoms with Gasteiger partial charge in [-0.1, -0.05) is 12.8 Å². The maximum atomic E-state index is 13.0. The summed E-state index contributed by atoms with van der Waals surface area (Å²) in [4.78, 5) is 30.2. The number of likely N-dealkylation sites (tertiary alicyclic amines) is 2. The van der Waals surface area contributed by atoms with Crippen LogP contribution in [0.2, 0.25) is 0 Å². The number of hydrogen-bond acceptors (Lipinski definition) is 4. The maximum absolute atomic E-state index is 13.0. The predicted octanol–water partition coefficient (Wildman–Crippen LogP) is 3.53. The Morgan fingerprint density at radius 1 is 0.867 bits per heavy atom. The number of anilines is 1. The number of ether oxygens (including phenoxy) is 1. The van der Waals surface area contributed by atoms with Gasteiger partial charge in [0, 0.05) is 43.7 Å². The fourth-order valence-electron chi connectivity index (χ4n) is 5.06. The zero-order valence-electron chi connectivity index (χ0n) is 18.1. The van der Waals surface area contributed by atoms with Crippen molar-refractivity contribution in [3.8, 4) is 5.75 Å². The van der Waals surface area contributed by atoms with Crippen molar-refractivity contribution in [2.24, 2.45) is 11.8 Å². The molecular weight excluding hydrogens is 378 g/mol. The summed E-state index contributed by atoms with van der Waals surface area (Å²) >= 11 is 0. The Balaban J connectivity index is 1.33. The van der Waals surface area contributed by atoms with Crippen LogP contribution in [0.25, 0.3) is 0 Å². The highest BCUT2D eigenvalue weighted by Crippen LogP contribution is 2.33. The summed E-state index contributed by atoms with van der Waals surface area (Å²) < 4.78 is 6.10. The van der Waals surface area contributed by atoms with Gasteiger partial charge < -0.3 is 19.9 Å². The summed E-state index contributed by atoms with van der Waals surface area (Å²) in [5, 5.41) is 3.05. The molecule has 4 rings (SSSR count). The Labute approximate surface area is 179 Å². The minimum atomic E-state index is -0.220. The van der Waals surface area contributed by atoms with E-state index >= 15 is 0 Å².